The van der Waals surface area contributed by atoms with E-state index in [4.69, 9.17) is 5.11 Å². The van der Waals surface area contributed by atoms with Gasteiger partial charge in [-0.25, -0.2) is 19.7 Å². The van der Waals surface area contributed by atoms with Crippen LogP contribution in [0.25, 0.3) is 0 Å². The number of carboxylic acids is 1. The maximum atomic E-state index is 10.7. The van der Waals surface area contributed by atoms with E-state index in [0.717, 1.165) is 16.3 Å². The molecule has 0 amide bonds. The van der Waals surface area contributed by atoms with Crippen LogP contribution in [-0.2, 0) is 6.42 Å². The topological polar surface area (TPSA) is 88.0 Å². The van der Waals surface area contributed by atoms with Crippen molar-refractivity contribution >= 4 is 23.3 Å². The van der Waals surface area contributed by atoms with Crippen LogP contribution in [0.3, 0.4) is 0 Å². The Labute approximate surface area is 114 Å². The van der Waals surface area contributed by atoms with Crippen LogP contribution >= 0.6 is 11.3 Å². The van der Waals surface area contributed by atoms with Gasteiger partial charge in [-0.05, 0) is 19.4 Å². The molecule has 0 saturated heterocycles. The van der Waals surface area contributed by atoms with Gasteiger partial charge in [0.2, 0.25) is 5.95 Å². The molecule has 0 bridgehead atoms. The van der Waals surface area contributed by atoms with Gasteiger partial charge in [0.05, 0.1) is 5.01 Å². The van der Waals surface area contributed by atoms with Gasteiger partial charge < -0.3 is 10.4 Å². The first-order chi connectivity index (χ1) is 9.06. The Morgan fingerprint density at radius 3 is 2.84 bits per heavy atom. The van der Waals surface area contributed by atoms with E-state index in [1.54, 1.807) is 11.6 Å². The minimum atomic E-state index is -0.993. The number of carboxylic acid groups (broad SMARTS) is 1. The second-order valence-corrected chi connectivity index (χ2v) is 5.01. The summed E-state index contributed by atoms with van der Waals surface area (Å²) in [6, 6.07) is 0. The van der Waals surface area contributed by atoms with Gasteiger partial charge in [-0.1, -0.05) is 0 Å². The third-order valence-corrected chi connectivity index (χ3v) is 3.53. The molecule has 0 radical (unpaired) electrons. The number of aryl methyl sites for hydroxylation is 2. The van der Waals surface area contributed by atoms with Crippen molar-refractivity contribution in [3.8, 4) is 0 Å². The van der Waals surface area contributed by atoms with E-state index >= 15 is 0 Å². The van der Waals surface area contributed by atoms with E-state index < -0.39 is 5.97 Å². The van der Waals surface area contributed by atoms with Crippen LogP contribution in [0.15, 0.2) is 11.6 Å². The van der Waals surface area contributed by atoms with Crippen molar-refractivity contribution in [1.29, 1.82) is 0 Å². The summed E-state index contributed by atoms with van der Waals surface area (Å²) in [7, 11) is 0. The van der Waals surface area contributed by atoms with Gasteiger partial charge in [-0.2, -0.15) is 0 Å². The molecule has 2 aromatic heterocycles. The van der Waals surface area contributed by atoms with Crippen molar-refractivity contribution < 1.29 is 9.90 Å². The molecule has 2 aromatic rings. The number of anilines is 1. The van der Waals surface area contributed by atoms with E-state index in [2.05, 4.69) is 20.3 Å². The molecule has 2 heterocycles. The highest BCUT2D eigenvalue weighted by atomic mass is 32.1. The minimum Gasteiger partial charge on any atom is -0.476 e. The van der Waals surface area contributed by atoms with Crippen LogP contribution in [0.2, 0.25) is 0 Å². The third kappa shape index (κ3) is 3.47. The average molecular weight is 278 g/mol. The van der Waals surface area contributed by atoms with Gasteiger partial charge in [0.15, 0.2) is 5.69 Å². The predicted molar refractivity (Wildman–Crippen MR) is 72.8 cm³/mol. The van der Waals surface area contributed by atoms with E-state index in [1.165, 1.54) is 11.3 Å². The number of nitrogens with zero attached hydrogens (tertiary/aromatic N) is 3. The number of hydrogen-bond acceptors (Lipinski definition) is 6. The summed E-state index contributed by atoms with van der Waals surface area (Å²) < 4.78 is 0. The fraction of sp³-hybridized carbons (Fsp3) is 0.333. The van der Waals surface area contributed by atoms with Gasteiger partial charge >= 0.3 is 5.97 Å². The van der Waals surface area contributed by atoms with Crippen molar-refractivity contribution in [2.45, 2.75) is 20.3 Å². The summed E-state index contributed by atoms with van der Waals surface area (Å²) in [6.45, 7) is 4.51. The number of rotatable bonds is 5. The zero-order valence-electron chi connectivity index (χ0n) is 10.7. The molecule has 0 aliphatic carbocycles. The Morgan fingerprint density at radius 2 is 2.21 bits per heavy atom. The quantitative estimate of drug-likeness (QED) is 0.868. The lowest BCUT2D eigenvalue weighted by atomic mass is 10.3. The Hall–Kier alpha value is -2.02. The van der Waals surface area contributed by atoms with Crippen molar-refractivity contribution in [2.75, 3.05) is 11.9 Å². The van der Waals surface area contributed by atoms with Gasteiger partial charge in [0.25, 0.3) is 0 Å². The molecule has 0 aromatic carbocycles. The van der Waals surface area contributed by atoms with Crippen molar-refractivity contribution in [3.63, 3.8) is 0 Å². The number of hydrogen-bond donors (Lipinski definition) is 2. The lowest BCUT2D eigenvalue weighted by Gasteiger charge is -2.05. The molecule has 100 valence electrons. The first kappa shape index (κ1) is 13.4. The normalized spacial score (nSPS) is 10.4. The molecule has 0 atom stereocenters. The Kier molecular flexibility index (Phi) is 4.06. The Bertz CT molecular complexity index is 597. The molecule has 0 unspecified atom stereocenters. The molecule has 2 rings (SSSR count). The van der Waals surface area contributed by atoms with Crippen molar-refractivity contribution in [2.24, 2.45) is 0 Å². The smallest absolute Gasteiger partial charge is 0.355 e. The monoisotopic (exact) mass is 278 g/mol. The molecule has 2 N–H and O–H groups in total. The minimum absolute atomic E-state index is 0.0995. The number of nitrogens with one attached hydrogen (secondary N) is 1. The van der Waals surface area contributed by atoms with Gasteiger partial charge in [-0.15, -0.1) is 11.3 Å². The molecular weight excluding hydrogens is 264 g/mol. The summed E-state index contributed by atoms with van der Waals surface area (Å²) in [4.78, 5) is 23.2. The number of thiazole rings is 1. The average Bonchev–Trinajstić information content (AvgIpc) is 2.83. The maximum absolute atomic E-state index is 10.7. The Balaban J connectivity index is 1.88. The molecule has 0 spiro atoms. The third-order valence-electron chi connectivity index (χ3n) is 2.62. The summed E-state index contributed by atoms with van der Waals surface area (Å²) in [6.07, 6.45) is 2.42. The molecule has 0 saturated carbocycles. The van der Waals surface area contributed by atoms with E-state index in [0.29, 0.717) is 18.9 Å². The lowest BCUT2D eigenvalue weighted by molar-refractivity contribution is 0.0691. The zero-order valence-corrected chi connectivity index (χ0v) is 11.5. The number of aromatic nitrogens is 3. The van der Waals surface area contributed by atoms with E-state index in [9.17, 15) is 4.79 Å². The number of carbonyl (C=O) groups is 1. The summed E-state index contributed by atoms with van der Waals surface area (Å²) in [5.74, 6) is -0.411. The summed E-state index contributed by atoms with van der Waals surface area (Å²) >= 11 is 1.35. The summed E-state index contributed by atoms with van der Waals surface area (Å²) in [5, 5.41) is 14.2. The molecule has 0 aliphatic rings. The Morgan fingerprint density at radius 1 is 1.42 bits per heavy atom. The lowest BCUT2D eigenvalue weighted by Crippen LogP contribution is -2.09. The molecule has 7 heteroatoms. The van der Waals surface area contributed by atoms with Crippen molar-refractivity contribution in [3.05, 3.63) is 33.5 Å². The van der Waals surface area contributed by atoms with E-state index in [-0.39, 0.29) is 5.69 Å². The molecule has 6 nitrogen and oxygen atoms in total. The second kappa shape index (κ2) is 5.75. The predicted octanol–water partition coefficient (Wildman–Crippen LogP) is 1.90. The van der Waals surface area contributed by atoms with Crippen LogP contribution in [0.1, 0.15) is 26.8 Å². The first-order valence-electron chi connectivity index (χ1n) is 5.78. The highest BCUT2D eigenvalue weighted by Crippen LogP contribution is 2.11. The van der Waals surface area contributed by atoms with Gasteiger partial charge in [0.1, 0.15) is 0 Å². The fourth-order valence-electron chi connectivity index (χ4n) is 1.42. The number of aromatic carboxylic acids is 1. The molecule has 0 fully saturated rings. The first-order valence-corrected chi connectivity index (χ1v) is 6.66. The SMILES string of the molecule is Cc1cnc(NCCc2nc(C(=O)O)cs2)nc1C. The zero-order chi connectivity index (χ0) is 13.8. The molecular formula is C12H14N4O2S. The van der Waals surface area contributed by atoms with Crippen LogP contribution in [-0.4, -0.2) is 32.6 Å². The largest absolute Gasteiger partial charge is 0.476 e. The van der Waals surface area contributed by atoms with Crippen LogP contribution in [0.4, 0.5) is 5.95 Å². The maximum Gasteiger partial charge on any atom is 0.355 e. The fourth-order valence-corrected chi connectivity index (χ4v) is 2.19. The van der Waals surface area contributed by atoms with Gasteiger partial charge in [-0.3, -0.25) is 0 Å². The highest BCUT2D eigenvalue weighted by Gasteiger charge is 2.08. The highest BCUT2D eigenvalue weighted by molar-refractivity contribution is 7.09. The van der Waals surface area contributed by atoms with Crippen LogP contribution in [0.5, 0.6) is 0 Å². The summed E-state index contributed by atoms with van der Waals surface area (Å²) in [5.41, 5.74) is 2.10. The van der Waals surface area contributed by atoms with Crippen LogP contribution in [0, 0.1) is 13.8 Å². The second-order valence-electron chi connectivity index (χ2n) is 4.07. The van der Waals surface area contributed by atoms with Crippen molar-refractivity contribution in [1.82, 2.24) is 15.0 Å². The standard InChI is InChI=1S/C12H14N4O2S/c1-7-5-14-12(15-8(7)2)13-4-3-10-16-9(6-19-10)11(17)18/h5-6H,3-4H2,1-2H3,(H,17,18)(H,13,14,15). The molecule has 0 aliphatic heterocycles. The van der Waals surface area contributed by atoms with E-state index in [1.807, 2.05) is 13.8 Å². The van der Waals surface area contributed by atoms with Gasteiger partial charge in [0, 0.05) is 30.2 Å². The molecule has 19 heavy (non-hydrogen) atoms. The van der Waals surface area contributed by atoms with Crippen LogP contribution < -0.4 is 5.32 Å².